The summed E-state index contributed by atoms with van der Waals surface area (Å²) < 4.78 is 0. The number of rotatable bonds is 10. The smallest absolute Gasteiger partial charge is 0.303 e. The molecule has 0 radical (unpaired) electrons. The first-order chi connectivity index (χ1) is 15.9. The monoisotopic (exact) mass is 462 g/mol. The number of hydrogen-bond acceptors (Lipinski definition) is 3. The van der Waals surface area contributed by atoms with E-state index in [0.717, 1.165) is 28.0 Å². The van der Waals surface area contributed by atoms with Crippen molar-refractivity contribution in [3.8, 4) is 0 Å². The third-order valence-corrected chi connectivity index (χ3v) is 5.63. The predicted molar refractivity (Wildman–Crippen MR) is 132 cm³/mol. The minimum Gasteiger partial charge on any atom is -0.481 e. The summed E-state index contributed by atoms with van der Waals surface area (Å²) in [5, 5.41) is 9.60. The Bertz CT molecular complexity index is 1110. The number of anilines is 1. The van der Waals surface area contributed by atoms with Crippen LogP contribution < -0.4 is 4.90 Å². The van der Waals surface area contributed by atoms with Gasteiger partial charge in [-0.2, -0.15) is 0 Å². The molecule has 0 fully saturated rings. The second-order valence-electron chi connectivity index (χ2n) is 7.78. The lowest BCUT2D eigenvalue weighted by Crippen LogP contribution is -2.26. The van der Waals surface area contributed by atoms with Crippen molar-refractivity contribution in [2.45, 2.75) is 32.1 Å². The standard InChI is InChI=1S/C27H27ClN2O3/c1-30(26(31)16-13-20-11-14-23(28)15-12-20)24-8-4-6-21(18-24)25(9-2-3-10-27(32)33)22-7-5-17-29-19-22/h4-9,11-12,14-15,17-19H,2-3,10,13,16H2,1H3,(H,32,33)/b25-9-. The molecule has 170 valence electrons. The Morgan fingerprint density at radius 3 is 2.48 bits per heavy atom. The molecule has 1 amide bonds. The summed E-state index contributed by atoms with van der Waals surface area (Å²) in [5.74, 6) is -0.775. The average Bonchev–Trinajstić information content (AvgIpc) is 2.83. The van der Waals surface area contributed by atoms with Crippen molar-refractivity contribution in [3.05, 3.63) is 101 Å². The molecule has 1 aromatic heterocycles. The molecule has 0 saturated carbocycles. The number of carboxylic acids is 1. The zero-order chi connectivity index (χ0) is 23.6. The van der Waals surface area contributed by atoms with Crippen molar-refractivity contribution < 1.29 is 14.7 Å². The van der Waals surface area contributed by atoms with Gasteiger partial charge in [-0.3, -0.25) is 14.6 Å². The molecule has 3 rings (SSSR count). The summed E-state index contributed by atoms with van der Waals surface area (Å²) in [6.07, 6.45) is 7.90. The number of carbonyl (C=O) groups excluding carboxylic acids is 1. The molecular formula is C27H27ClN2O3. The minimum absolute atomic E-state index is 0.0236. The molecule has 0 aliphatic carbocycles. The maximum absolute atomic E-state index is 12.8. The van der Waals surface area contributed by atoms with Crippen LogP contribution in [0.4, 0.5) is 5.69 Å². The Hall–Kier alpha value is -3.44. The zero-order valence-corrected chi connectivity index (χ0v) is 19.3. The van der Waals surface area contributed by atoms with Gasteiger partial charge < -0.3 is 10.0 Å². The van der Waals surface area contributed by atoms with Crippen LogP contribution >= 0.6 is 11.6 Å². The second-order valence-corrected chi connectivity index (χ2v) is 8.21. The van der Waals surface area contributed by atoms with Crippen molar-refractivity contribution in [1.29, 1.82) is 0 Å². The first kappa shape index (κ1) is 24.2. The molecule has 0 atom stereocenters. The summed E-state index contributed by atoms with van der Waals surface area (Å²) >= 11 is 5.93. The van der Waals surface area contributed by atoms with E-state index in [0.29, 0.717) is 30.7 Å². The molecular weight excluding hydrogens is 436 g/mol. The summed E-state index contributed by atoms with van der Waals surface area (Å²) in [4.78, 5) is 29.6. The number of pyridine rings is 1. The summed E-state index contributed by atoms with van der Waals surface area (Å²) in [6.45, 7) is 0. The number of halogens is 1. The van der Waals surface area contributed by atoms with Gasteiger partial charge in [-0.05, 0) is 66.3 Å². The topological polar surface area (TPSA) is 70.5 Å². The fourth-order valence-electron chi connectivity index (χ4n) is 3.52. The molecule has 5 nitrogen and oxygen atoms in total. The quantitative estimate of drug-likeness (QED) is 0.374. The second kappa shape index (κ2) is 12.0. The highest BCUT2D eigenvalue weighted by molar-refractivity contribution is 6.30. The van der Waals surface area contributed by atoms with Gasteiger partial charge in [-0.1, -0.05) is 48.0 Å². The Morgan fingerprint density at radius 1 is 1.03 bits per heavy atom. The number of nitrogens with zero attached hydrogens (tertiary/aromatic N) is 2. The molecule has 1 heterocycles. The number of benzene rings is 2. The van der Waals surface area contributed by atoms with Crippen LogP contribution in [-0.4, -0.2) is 29.0 Å². The number of aliphatic carboxylic acids is 1. The summed E-state index contributed by atoms with van der Waals surface area (Å²) in [7, 11) is 1.78. The fraction of sp³-hybridized carbons (Fsp3) is 0.222. The van der Waals surface area contributed by atoms with Gasteiger partial charge >= 0.3 is 5.97 Å². The molecule has 1 N–H and O–H groups in total. The normalized spacial score (nSPS) is 11.3. The number of carbonyl (C=O) groups is 2. The van der Waals surface area contributed by atoms with Crippen LogP contribution in [0.3, 0.4) is 0 Å². The van der Waals surface area contributed by atoms with Crippen molar-refractivity contribution >= 4 is 34.7 Å². The number of aromatic nitrogens is 1. The third kappa shape index (κ3) is 7.29. The average molecular weight is 463 g/mol. The Balaban J connectivity index is 1.76. The number of aryl methyl sites for hydroxylation is 1. The first-order valence-corrected chi connectivity index (χ1v) is 11.3. The Morgan fingerprint density at radius 2 is 1.79 bits per heavy atom. The maximum Gasteiger partial charge on any atom is 0.303 e. The van der Waals surface area contributed by atoms with E-state index < -0.39 is 5.97 Å². The van der Waals surface area contributed by atoms with Gasteiger partial charge in [0.25, 0.3) is 0 Å². The van der Waals surface area contributed by atoms with E-state index in [2.05, 4.69) is 4.98 Å². The highest BCUT2D eigenvalue weighted by Gasteiger charge is 2.13. The van der Waals surface area contributed by atoms with Gasteiger partial charge in [0.2, 0.25) is 5.91 Å². The molecule has 0 unspecified atom stereocenters. The molecule has 0 aliphatic rings. The maximum atomic E-state index is 12.8. The van der Waals surface area contributed by atoms with E-state index in [-0.39, 0.29) is 12.3 Å². The van der Waals surface area contributed by atoms with E-state index in [1.807, 2.05) is 66.7 Å². The van der Waals surface area contributed by atoms with E-state index in [4.69, 9.17) is 16.7 Å². The van der Waals surface area contributed by atoms with Crippen LogP contribution in [0.1, 0.15) is 42.4 Å². The van der Waals surface area contributed by atoms with E-state index in [9.17, 15) is 9.59 Å². The number of amides is 1. The number of unbranched alkanes of at least 4 members (excludes halogenated alkanes) is 1. The van der Waals surface area contributed by atoms with Crippen LogP contribution in [0.15, 0.2) is 79.1 Å². The van der Waals surface area contributed by atoms with Crippen molar-refractivity contribution in [2.24, 2.45) is 0 Å². The lowest BCUT2D eigenvalue weighted by Gasteiger charge is -2.19. The van der Waals surface area contributed by atoms with Crippen molar-refractivity contribution in [2.75, 3.05) is 11.9 Å². The minimum atomic E-state index is -0.799. The molecule has 0 aliphatic heterocycles. The van der Waals surface area contributed by atoms with Crippen LogP contribution in [0.2, 0.25) is 5.02 Å². The van der Waals surface area contributed by atoms with Crippen LogP contribution in [0, 0.1) is 0 Å². The molecule has 2 aromatic carbocycles. The van der Waals surface area contributed by atoms with E-state index >= 15 is 0 Å². The molecule has 0 saturated heterocycles. The Kier molecular flexibility index (Phi) is 8.79. The van der Waals surface area contributed by atoms with E-state index in [1.165, 1.54) is 0 Å². The van der Waals surface area contributed by atoms with E-state index in [1.54, 1.807) is 24.3 Å². The van der Waals surface area contributed by atoms with Gasteiger partial charge in [-0.15, -0.1) is 0 Å². The fourth-order valence-corrected chi connectivity index (χ4v) is 3.65. The molecule has 6 heteroatoms. The zero-order valence-electron chi connectivity index (χ0n) is 18.6. The first-order valence-electron chi connectivity index (χ1n) is 10.9. The Labute approximate surface area is 199 Å². The molecule has 3 aromatic rings. The van der Waals surface area contributed by atoms with Gasteiger partial charge in [0.15, 0.2) is 0 Å². The summed E-state index contributed by atoms with van der Waals surface area (Å²) in [5.41, 5.74) is 4.74. The van der Waals surface area contributed by atoms with Crippen molar-refractivity contribution in [3.63, 3.8) is 0 Å². The third-order valence-electron chi connectivity index (χ3n) is 5.38. The van der Waals surface area contributed by atoms with Gasteiger partial charge in [0.05, 0.1) is 0 Å². The molecule has 33 heavy (non-hydrogen) atoms. The number of allylic oxidation sites excluding steroid dienone is 1. The molecule has 0 bridgehead atoms. The number of carboxylic acid groups (broad SMARTS) is 1. The van der Waals surface area contributed by atoms with Crippen molar-refractivity contribution in [1.82, 2.24) is 4.98 Å². The highest BCUT2D eigenvalue weighted by Crippen LogP contribution is 2.27. The van der Waals surface area contributed by atoms with Gasteiger partial charge in [0.1, 0.15) is 0 Å². The highest BCUT2D eigenvalue weighted by atomic mass is 35.5. The van der Waals surface area contributed by atoms with Gasteiger partial charge in [-0.25, -0.2) is 0 Å². The lowest BCUT2D eigenvalue weighted by atomic mass is 9.97. The lowest BCUT2D eigenvalue weighted by molar-refractivity contribution is -0.137. The number of hydrogen-bond donors (Lipinski definition) is 1. The molecule has 0 spiro atoms. The SMILES string of the molecule is CN(C(=O)CCc1ccc(Cl)cc1)c1cccc(/C(=C/CCCC(=O)O)c2cccnc2)c1. The van der Waals surface area contributed by atoms with Crippen LogP contribution in [0.5, 0.6) is 0 Å². The van der Waals surface area contributed by atoms with Crippen LogP contribution in [0.25, 0.3) is 5.57 Å². The summed E-state index contributed by atoms with van der Waals surface area (Å²) in [6, 6.07) is 19.2. The predicted octanol–water partition coefficient (Wildman–Crippen LogP) is 6.02. The van der Waals surface area contributed by atoms with Gasteiger partial charge in [0, 0.05) is 48.6 Å². The largest absolute Gasteiger partial charge is 0.481 e. The van der Waals surface area contributed by atoms with Crippen LogP contribution in [-0.2, 0) is 16.0 Å².